The predicted octanol–water partition coefficient (Wildman–Crippen LogP) is 1.56. The number of amides is 1. The van der Waals surface area contributed by atoms with Crippen molar-refractivity contribution < 1.29 is 4.79 Å². The van der Waals surface area contributed by atoms with Crippen molar-refractivity contribution in [2.45, 2.75) is 19.9 Å². The minimum atomic E-state index is -0.160. The zero-order valence-electron chi connectivity index (χ0n) is 7.34. The lowest BCUT2D eigenvalue weighted by molar-refractivity contribution is -0.118. The van der Waals surface area contributed by atoms with Crippen LogP contribution in [0.4, 0.5) is 0 Å². The molecule has 0 aliphatic heterocycles. The Morgan fingerprint density at radius 1 is 1.77 bits per heavy atom. The lowest BCUT2D eigenvalue weighted by Crippen LogP contribution is -2.23. The largest absolute Gasteiger partial charge is 0.349 e. The van der Waals surface area contributed by atoms with Crippen LogP contribution in [0.3, 0.4) is 0 Å². The molecular weight excluding hydrogens is 208 g/mol. The fourth-order valence-corrected chi connectivity index (χ4v) is 1.67. The van der Waals surface area contributed by atoms with Crippen LogP contribution >= 0.6 is 22.9 Å². The Labute approximate surface area is 86.1 Å². The van der Waals surface area contributed by atoms with Gasteiger partial charge >= 0.3 is 0 Å². The van der Waals surface area contributed by atoms with E-state index in [1.165, 1.54) is 0 Å². The molecule has 0 fully saturated rings. The van der Waals surface area contributed by atoms with Crippen LogP contribution in [-0.4, -0.2) is 16.8 Å². The van der Waals surface area contributed by atoms with Crippen LogP contribution < -0.4 is 5.32 Å². The van der Waals surface area contributed by atoms with Gasteiger partial charge in [-0.2, -0.15) is 0 Å². The third-order valence-electron chi connectivity index (χ3n) is 1.49. The number of aromatic nitrogens is 1. The standard InChI is InChI=1S/C8H11ClN2OS/c1-2-8-11-6(5-13-8)4-10-7(12)3-9/h5H,2-4H2,1H3,(H,10,12). The van der Waals surface area contributed by atoms with Gasteiger partial charge in [0.2, 0.25) is 5.91 Å². The molecule has 3 nitrogen and oxygen atoms in total. The first-order valence-corrected chi connectivity index (χ1v) is 5.43. The first kappa shape index (κ1) is 10.5. The molecule has 1 rings (SSSR count). The van der Waals surface area contributed by atoms with Crippen LogP contribution in [0.5, 0.6) is 0 Å². The Morgan fingerprint density at radius 2 is 2.54 bits per heavy atom. The molecule has 5 heteroatoms. The number of thiazole rings is 1. The number of carbonyl (C=O) groups is 1. The second kappa shape index (κ2) is 5.19. The summed E-state index contributed by atoms with van der Waals surface area (Å²) in [7, 11) is 0. The first-order valence-electron chi connectivity index (χ1n) is 4.02. The molecule has 0 aromatic carbocycles. The molecule has 0 bridgehead atoms. The summed E-state index contributed by atoms with van der Waals surface area (Å²) in [5.74, 6) is -0.155. The van der Waals surface area contributed by atoms with Crippen LogP contribution in [-0.2, 0) is 17.8 Å². The van der Waals surface area contributed by atoms with Crippen molar-refractivity contribution in [3.63, 3.8) is 0 Å². The van der Waals surface area contributed by atoms with Gasteiger partial charge in [0, 0.05) is 5.38 Å². The minimum absolute atomic E-state index is 0.00473. The molecule has 0 spiro atoms. The Morgan fingerprint density at radius 3 is 3.08 bits per heavy atom. The SMILES string of the molecule is CCc1nc(CNC(=O)CCl)cs1. The molecule has 0 aliphatic carbocycles. The van der Waals surface area contributed by atoms with Crippen molar-refractivity contribution in [3.8, 4) is 0 Å². The van der Waals surface area contributed by atoms with Crippen LogP contribution in [0.1, 0.15) is 17.6 Å². The van der Waals surface area contributed by atoms with E-state index in [4.69, 9.17) is 11.6 Å². The third-order valence-corrected chi connectivity index (χ3v) is 2.77. The zero-order valence-corrected chi connectivity index (χ0v) is 8.91. The van der Waals surface area contributed by atoms with E-state index in [0.29, 0.717) is 6.54 Å². The summed E-state index contributed by atoms with van der Waals surface area (Å²) >= 11 is 6.93. The predicted molar refractivity (Wildman–Crippen MR) is 54.1 cm³/mol. The summed E-state index contributed by atoms with van der Waals surface area (Å²) in [6.07, 6.45) is 0.939. The van der Waals surface area contributed by atoms with E-state index in [1.807, 2.05) is 5.38 Å². The molecular formula is C8H11ClN2OS. The van der Waals surface area contributed by atoms with Gasteiger partial charge in [-0.3, -0.25) is 4.79 Å². The molecule has 0 radical (unpaired) electrons. The van der Waals surface area contributed by atoms with Gasteiger partial charge in [0.1, 0.15) is 5.88 Å². The van der Waals surface area contributed by atoms with Gasteiger partial charge in [-0.25, -0.2) is 4.98 Å². The maximum atomic E-state index is 10.8. The van der Waals surface area contributed by atoms with E-state index < -0.39 is 0 Å². The van der Waals surface area contributed by atoms with Gasteiger partial charge in [0.05, 0.1) is 17.2 Å². The molecule has 0 aliphatic rings. The second-order valence-corrected chi connectivity index (χ2v) is 3.71. The molecule has 1 amide bonds. The zero-order chi connectivity index (χ0) is 9.68. The number of rotatable bonds is 4. The van der Waals surface area contributed by atoms with Crippen molar-refractivity contribution in [2.75, 3.05) is 5.88 Å². The first-order chi connectivity index (χ1) is 6.26. The molecule has 1 N–H and O–H groups in total. The summed E-state index contributed by atoms with van der Waals surface area (Å²) in [5.41, 5.74) is 0.903. The van der Waals surface area contributed by atoms with Gasteiger partial charge in [-0.15, -0.1) is 22.9 Å². The van der Waals surface area contributed by atoms with Gasteiger partial charge < -0.3 is 5.32 Å². The Kier molecular flexibility index (Phi) is 4.18. The summed E-state index contributed by atoms with van der Waals surface area (Å²) in [5, 5.41) is 5.70. The number of aryl methyl sites for hydroxylation is 1. The molecule has 1 aromatic heterocycles. The Bertz CT molecular complexity index is 287. The number of halogens is 1. The average molecular weight is 219 g/mol. The van der Waals surface area contributed by atoms with E-state index in [1.54, 1.807) is 11.3 Å². The molecule has 0 unspecified atom stereocenters. The Hall–Kier alpha value is -0.610. The number of hydrogen-bond acceptors (Lipinski definition) is 3. The van der Waals surface area contributed by atoms with Crippen molar-refractivity contribution in [1.82, 2.24) is 10.3 Å². The highest BCUT2D eigenvalue weighted by atomic mass is 35.5. The highest BCUT2D eigenvalue weighted by Crippen LogP contribution is 2.09. The van der Waals surface area contributed by atoms with Gasteiger partial charge in [-0.05, 0) is 6.42 Å². The summed E-state index contributed by atoms with van der Waals surface area (Å²) < 4.78 is 0. The van der Waals surface area contributed by atoms with E-state index >= 15 is 0 Å². The molecule has 1 heterocycles. The fourth-order valence-electron chi connectivity index (χ4n) is 0.829. The van der Waals surface area contributed by atoms with Gasteiger partial charge in [-0.1, -0.05) is 6.92 Å². The highest BCUT2D eigenvalue weighted by Gasteiger charge is 2.02. The van der Waals surface area contributed by atoms with Crippen molar-refractivity contribution in [2.24, 2.45) is 0 Å². The number of hydrogen-bond donors (Lipinski definition) is 1. The van der Waals surface area contributed by atoms with Crippen LogP contribution in [0, 0.1) is 0 Å². The average Bonchev–Trinajstić information content (AvgIpc) is 2.61. The normalized spacial score (nSPS) is 10.0. The monoisotopic (exact) mass is 218 g/mol. The summed E-state index contributed by atoms with van der Waals surface area (Å²) in [4.78, 5) is 15.1. The number of nitrogens with one attached hydrogen (secondary N) is 1. The van der Waals surface area contributed by atoms with Crippen molar-refractivity contribution in [1.29, 1.82) is 0 Å². The Balaban J connectivity index is 2.41. The van der Waals surface area contributed by atoms with E-state index in [2.05, 4.69) is 17.2 Å². The quantitative estimate of drug-likeness (QED) is 0.780. The molecule has 0 saturated carbocycles. The number of alkyl halides is 1. The lowest BCUT2D eigenvalue weighted by atomic mass is 10.4. The topological polar surface area (TPSA) is 42.0 Å². The van der Waals surface area contributed by atoms with Crippen LogP contribution in [0.2, 0.25) is 0 Å². The number of carbonyl (C=O) groups excluding carboxylic acids is 1. The highest BCUT2D eigenvalue weighted by molar-refractivity contribution is 7.09. The maximum absolute atomic E-state index is 10.8. The number of nitrogens with zero attached hydrogens (tertiary/aromatic N) is 1. The summed E-state index contributed by atoms with van der Waals surface area (Å²) in [6, 6.07) is 0. The van der Waals surface area contributed by atoms with Crippen LogP contribution in [0.25, 0.3) is 0 Å². The fraction of sp³-hybridized carbons (Fsp3) is 0.500. The second-order valence-electron chi connectivity index (χ2n) is 2.50. The third kappa shape index (κ3) is 3.32. The lowest BCUT2D eigenvalue weighted by Gasteiger charge is -1.98. The molecule has 1 aromatic rings. The molecule has 0 saturated heterocycles. The van der Waals surface area contributed by atoms with Crippen LogP contribution in [0.15, 0.2) is 5.38 Å². The van der Waals surface area contributed by atoms with E-state index in [9.17, 15) is 4.79 Å². The molecule has 0 atom stereocenters. The molecule has 13 heavy (non-hydrogen) atoms. The van der Waals surface area contributed by atoms with E-state index in [-0.39, 0.29) is 11.8 Å². The minimum Gasteiger partial charge on any atom is -0.349 e. The summed E-state index contributed by atoms with van der Waals surface area (Å²) in [6.45, 7) is 2.53. The van der Waals surface area contributed by atoms with Gasteiger partial charge in [0.25, 0.3) is 0 Å². The smallest absolute Gasteiger partial charge is 0.235 e. The van der Waals surface area contributed by atoms with Crippen molar-refractivity contribution in [3.05, 3.63) is 16.1 Å². The van der Waals surface area contributed by atoms with Gasteiger partial charge in [0.15, 0.2) is 0 Å². The van der Waals surface area contributed by atoms with E-state index in [0.717, 1.165) is 17.1 Å². The molecule has 72 valence electrons. The maximum Gasteiger partial charge on any atom is 0.235 e. The van der Waals surface area contributed by atoms with Crippen molar-refractivity contribution >= 4 is 28.8 Å².